The lowest BCUT2D eigenvalue weighted by Crippen LogP contribution is -2.62. The molecular formula is C56H76N8O7S. The summed E-state index contributed by atoms with van der Waals surface area (Å²) in [5.41, 5.74) is 9.99. The molecule has 0 radical (unpaired) electrons. The maximum absolute atomic E-state index is 14.8. The Morgan fingerprint density at radius 3 is 2.46 bits per heavy atom. The average molecular weight is 1010 g/mol. The van der Waals surface area contributed by atoms with Crippen LogP contribution in [0.25, 0.3) is 33.3 Å². The number of hydrogen-bond acceptors (Lipinski definition) is 11. The van der Waals surface area contributed by atoms with Crippen LogP contribution in [0, 0.1) is 17.3 Å². The van der Waals surface area contributed by atoms with Crippen molar-refractivity contribution in [2.24, 2.45) is 17.3 Å². The van der Waals surface area contributed by atoms with Gasteiger partial charge in [-0.2, -0.15) is 0 Å². The minimum absolute atomic E-state index is 0.131. The number of thiol groups is 1. The van der Waals surface area contributed by atoms with Gasteiger partial charge in [0.05, 0.1) is 30.0 Å². The van der Waals surface area contributed by atoms with Gasteiger partial charge in [-0.05, 0) is 120 Å². The third-order valence-electron chi connectivity index (χ3n) is 15.1. The predicted octanol–water partition coefficient (Wildman–Crippen LogP) is 7.23. The predicted molar refractivity (Wildman–Crippen MR) is 285 cm³/mol. The summed E-state index contributed by atoms with van der Waals surface area (Å²) in [6.45, 7) is 17.8. The Morgan fingerprint density at radius 2 is 1.76 bits per heavy atom. The third kappa shape index (κ3) is 11.5. The number of benzene rings is 2. The Kier molecular flexibility index (Phi) is 16.8. The molecule has 16 heteroatoms. The van der Waals surface area contributed by atoms with E-state index in [1.54, 1.807) is 25.3 Å². The number of aryl methyl sites for hydroxylation is 1. The van der Waals surface area contributed by atoms with Crippen molar-refractivity contribution in [1.29, 1.82) is 0 Å². The second-order valence-electron chi connectivity index (χ2n) is 21.7. The highest BCUT2D eigenvalue weighted by atomic mass is 32.1. The maximum atomic E-state index is 14.8. The van der Waals surface area contributed by atoms with Gasteiger partial charge in [0.2, 0.25) is 17.7 Å². The first-order valence-corrected chi connectivity index (χ1v) is 25.9. The molecule has 5 atom stereocenters. The summed E-state index contributed by atoms with van der Waals surface area (Å²) in [4.78, 5) is 81.7. The minimum atomic E-state index is -1.07. The van der Waals surface area contributed by atoms with Gasteiger partial charge in [-0.25, -0.2) is 5.43 Å². The number of methoxy groups -OCH3 is 1. The second-order valence-corrected chi connectivity index (χ2v) is 22.2. The highest BCUT2D eigenvalue weighted by molar-refractivity contribution is 7.84. The quantitative estimate of drug-likeness (QED) is 0.0752. The molecule has 2 fully saturated rings. The monoisotopic (exact) mass is 1000 g/mol. The molecule has 7 rings (SSSR count). The molecule has 2 aromatic carbocycles. The van der Waals surface area contributed by atoms with E-state index in [0.717, 1.165) is 50.1 Å². The molecule has 0 unspecified atom stereocenters. The smallest absolute Gasteiger partial charge is 0.324 e. The highest BCUT2D eigenvalue weighted by Crippen LogP contribution is 2.42. The number of carbonyl (C=O) groups is 5. The van der Waals surface area contributed by atoms with E-state index < -0.39 is 52.8 Å². The molecule has 4 amide bonds. The van der Waals surface area contributed by atoms with E-state index in [1.807, 2.05) is 71.8 Å². The van der Waals surface area contributed by atoms with E-state index in [4.69, 9.17) is 14.5 Å². The molecule has 0 spiro atoms. The van der Waals surface area contributed by atoms with Crippen molar-refractivity contribution in [3.63, 3.8) is 0 Å². The van der Waals surface area contributed by atoms with Gasteiger partial charge >= 0.3 is 5.97 Å². The largest absolute Gasteiger partial charge is 0.464 e. The summed E-state index contributed by atoms with van der Waals surface area (Å²) in [5.74, 6) is -2.64. The molecule has 6 bridgehead atoms. The van der Waals surface area contributed by atoms with Gasteiger partial charge in [-0.3, -0.25) is 38.9 Å². The fraction of sp³-hybridized carbons (Fsp3) is 0.536. The van der Waals surface area contributed by atoms with Crippen molar-refractivity contribution >= 4 is 53.1 Å². The van der Waals surface area contributed by atoms with Crippen LogP contribution in [-0.4, -0.2) is 137 Å². The van der Waals surface area contributed by atoms with E-state index in [9.17, 15) is 24.0 Å². The van der Waals surface area contributed by atoms with Crippen LogP contribution in [0.5, 0.6) is 0 Å². The van der Waals surface area contributed by atoms with Crippen molar-refractivity contribution in [2.45, 2.75) is 124 Å². The van der Waals surface area contributed by atoms with E-state index >= 15 is 0 Å². The fourth-order valence-electron chi connectivity index (χ4n) is 10.4. The Labute approximate surface area is 431 Å². The van der Waals surface area contributed by atoms with Gasteiger partial charge in [0.1, 0.15) is 18.1 Å². The molecule has 72 heavy (non-hydrogen) atoms. The summed E-state index contributed by atoms with van der Waals surface area (Å²) in [6, 6.07) is 15.8. The maximum Gasteiger partial charge on any atom is 0.324 e. The molecule has 388 valence electrons. The number of likely N-dealkylation sites (tertiary alicyclic amines) is 1. The first-order valence-electron chi connectivity index (χ1n) is 25.5. The van der Waals surface area contributed by atoms with E-state index in [1.165, 1.54) is 16.0 Å². The average Bonchev–Trinajstić information content (AvgIpc) is 3.97. The summed E-state index contributed by atoms with van der Waals surface area (Å²) < 4.78 is 14.3. The van der Waals surface area contributed by atoms with Crippen molar-refractivity contribution in [2.75, 3.05) is 54.5 Å². The van der Waals surface area contributed by atoms with Crippen LogP contribution in [0.15, 0.2) is 71.8 Å². The number of fused-ring (bicyclic) bond motifs is 6. The lowest BCUT2D eigenvalue weighted by molar-refractivity contribution is -0.155. The summed E-state index contributed by atoms with van der Waals surface area (Å²) in [7, 11) is 7.16. The number of nitrogens with zero attached hydrogens (tertiary/aromatic N) is 6. The van der Waals surface area contributed by atoms with Crippen LogP contribution in [0.4, 0.5) is 0 Å². The Hall–Kier alpha value is -5.55. The van der Waals surface area contributed by atoms with E-state index in [2.05, 4.69) is 85.1 Å². The van der Waals surface area contributed by atoms with Crippen molar-refractivity contribution in [3.05, 3.63) is 88.6 Å². The number of hydrazine groups is 1. The number of esters is 1. The summed E-state index contributed by atoms with van der Waals surface area (Å²) in [5, 5.41) is 5.60. The molecule has 2 saturated heterocycles. The zero-order valence-electron chi connectivity index (χ0n) is 44.4. The number of aromatic nitrogens is 2. The van der Waals surface area contributed by atoms with Crippen LogP contribution < -0.4 is 10.7 Å². The van der Waals surface area contributed by atoms with Gasteiger partial charge in [0.25, 0.3) is 5.91 Å². The van der Waals surface area contributed by atoms with Gasteiger partial charge in [-0.15, -0.1) is 12.6 Å². The molecule has 2 aromatic heterocycles. The lowest BCUT2D eigenvalue weighted by Gasteiger charge is -2.37. The van der Waals surface area contributed by atoms with E-state index in [0.29, 0.717) is 50.2 Å². The topological polar surface area (TPSA) is 159 Å². The number of rotatable bonds is 12. The molecule has 3 aliphatic heterocycles. The molecule has 3 aliphatic rings. The summed E-state index contributed by atoms with van der Waals surface area (Å²) >= 11 is 4.64. The lowest BCUT2D eigenvalue weighted by atomic mass is 9.84. The van der Waals surface area contributed by atoms with E-state index in [-0.39, 0.29) is 43.4 Å². The van der Waals surface area contributed by atoms with Crippen LogP contribution in [-0.2, 0) is 52.8 Å². The number of carbonyl (C=O) groups excluding carboxylic acids is 5. The van der Waals surface area contributed by atoms with Crippen LogP contribution in [0.3, 0.4) is 0 Å². The van der Waals surface area contributed by atoms with Gasteiger partial charge < -0.3 is 29.2 Å². The molecule has 0 aliphatic carbocycles. The molecule has 0 saturated carbocycles. The summed E-state index contributed by atoms with van der Waals surface area (Å²) in [6.07, 6.45) is 5.24. The van der Waals surface area contributed by atoms with Crippen LogP contribution in [0.2, 0.25) is 0 Å². The zero-order valence-corrected chi connectivity index (χ0v) is 45.3. The number of ether oxygens (including phenoxy) is 2. The first-order chi connectivity index (χ1) is 34.1. The van der Waals surface area contributed by atoms with Crippen molar-refractivity contribution < 1.29 is 33.4 Å². The molecule has 15 nitrogen and oxygen atoms in total. The number of likely N-dealkylation sites (N-methyl/N-ethyl adjacent to an activating group) is 2. The van der Waals surface area contributed by atoms with Crippen LogP contribution in [0.1, 0.15) is 97.6 Å². The normalized spacial score (nSPS) is 20.9. The Morgan fingerprint density at radius 1 is 1.03 bits per heavy atom. The van der Waals surface area contributed by atoms with Gasteiger partial charge in [0.15, 0.2) is 0 Å². The minimum Gasteiger partial charge on any atom is -0.464 e. The SMILES string of the molecule is CCn1c(-c2cccnc2[C@H](C)OC)c2c3cc(ccc31)-c1cccc(c1)C[C@H](NC(=O)[C@H](C(C)C)N(C)C(=O)[C@H]1CCN(C(=O)/C=C(\S)C(C)(C)N(C)C)C1)C(=O)N1CCC[C@H](N1)C(=O)OCC(C)(C)C2. The molecule has 4 aromatic rings. The molecular weight excluding hydrogens is 929 g/mol. The van der Waals surface area contributed by atoms with Crippen LogP contribution >= 0.6 is 12.6 Å². The number of nitrogens with one attached hydrogen (secondary N) is 2. The Balaban J connectivity index is 1.23. The standard InChI is InChI=1S/C56H76N8O7S/c1-13-63-45-22-21-38-29-41(45)42(50(63)40-19-15-24-57-48(40)35(4)70-12)31-55(5,6)33-71-54(69)43-20-16-25-64(59-43)53(68)44(28-36-17-14-18-37(38)27-36)58-51(66)49(34(2)3)61(11)52(67)39-23-26-62(32-39)47(65)30-46(72)56(7,8)60(9)10/h14-15,17-19,21-22,24,27,29-30,34-35,39,43-44,49,59,72H,13,16,20,23,25-26,28,31-33H2,1-12H3,(H,58,66)/b46-30-/t35-,39-,43-,44-,49-/m0/s1. The fourth-order valence-corrected chi connectivity index (χ4v) is 10.7. The first kappa shape index (κ1) is 54.2. The zero-order chi connectivity index (χ0) is 52.4. The van der Waals surface area contributed by atoms with Crippen molar-refractivity contribution in [3.8, 4) is 22.4 Å². The molecule has 2 N–H and O–H groups in total. The third-order valence-corrected chi connectivity index (χ3v) is 15.8. The van der Waals surface area contributed by atoms with Crippen molar-refractivity contribution in [1.82, 2.24) is 40.0 Å². The highest BCUT2D eigenvalue weighted by Gasteiger charge is 2.41. The number of amides is 4. The van der Waals surface area contributed by atoms with Gasteiger partial charge in [0, 0.05) is 91.4 Å². The second kappa shape index (κ2) is 22.3. The molecule has 5 heterocycles. The van der Waals surface area contributed by atoms with Gasteiger partial charge in [-0.1, -0.05) is 58.0 Å². The number of pyridine rings is 1. The Bertz CT molecular complexity index is 2710. The number of cyclic esters (lactones) is 1. The number of hydrogen-bond donors (Lipinski definition) is 3.